The zero-order chi connectivity index (χ0) is 19.1. The number of aryl methyl sites for hydroxylation is 1. The van der Waals surface area contributed by atoms with Crippen LogP contribution in [0.3, 0.4) is 0 Å². The Hall–Kier alpha value is -2.11. The number of pyridine rings is 1. The highest BCUT2D eigenvalue weighted by Gasteiger charge is 2.38. The van der Waals surface area contributed by atoms with E-state index in [1.54, 1.807) is 4.90 Å². The fourth-order valence-electron chi connectivity index (χ4n) is 3.96. The molecule has 0 spiro atoms. The van der Waals surface area contributed by atoms with Crippen LogP contribution >= 0.6 is 11.6 Å². The van der Waals surface area contributed by atoms with Gasteiger partial charge in [-0.25, -0.2) is 0 Å². The molecule has 1 fully saturated rings. The van der Waals surface area contributed by atoms with E-state index in [4.69, 9.17) is 16.3 Å². The fraction of sp³-hybridized carbons (Fsp3) is 0.429. The molecule has 1 aromatic heterocycles. The molecule has 4 rings (SSSR count). The summed E-state index contributed by atoms with van der Waals surface area (Å²) in [7, 11) is 0. The Morgan fingerprint density at radius 3 is 2.81 bits per heavy atom. The molecule has 5 nitrogen and oxygen atoms in total. The van der Waals surface area contributed by atoms with Crippen molar-refractivity contribution in [2.75, 3.05) is 6.73 Å². The monoisotopic (exact) mass is 386 g/mol. The average Bonchev–Trinajstić information content (AvgIpc) is 3.08. The number of aliphatic hydroxyl groups excluding tert-OH is 1. The third-order valence-electron chi connectivity index (χ3n) is 5.62. The third kappa shape index (κ3) is 3.30. The van der Waals surface area contributed by atoms with Crippen LogP contribution in [0.25, 0.3) is 0 Å². The summed E-state index contributed by atoms with van der Waals surface area (Å²) in [5.41, 5.74) is 4.40. The van der Waals surface area contributed by atoms with Crippen LogP contribution in [0.1, 0.15) is 52.0 Å². The highest BCUT2D eigenvalue weighted by molar-refractivity contribution is 6.33. The Bertz CT molecular complexity index is 882. The Labute approximate surface area is 163 Å². The molecular weight excluding hydrogens is 364 g/mol. The zero-order valence-electron chi connectivity index (χ0n) is 15.5. The molecule has 0 radical (unpaired) electrons. The molecule has 1 N–H and O–H groups in total. The van der Waals surface area contributed by atoms with Crippen molar-refractivity contribution in [1.29, 1.82) is 0 Å². The number of fused-ring (bicyclic) bond motifs is 1. The Morgan fingerprint density at radius 1 is 1.33 bits per heavy atom. The van der Waals surface area contributed by atoms with Crippen molar-refractivity contribution in [3.05, 3.63) is 57.4 Å². The lowest BCUT2D eigenvalue weighted by molar-refractivity contribution is 0.0127. The molecule has 2 aliphatic rings. The predicted octanol–water partition coefficient (Wildman–Crippen LogP) is 3.65. The molecule has 27 heavy (non-hydrogen) atoms. The van der Waals surface area contributed by atoms with Crippen molar-refractivity contribution in [2.45, 2.75) is 51.7 Å². The lowest BCUT2D eigenvalue weighted by Crippen LogP contribution is -2.48. The van der Waals surface area contributed by atoms with Gasteiger partial charge >= 0.3 is 0 Å². The number of ether oxygens (including phenoxy) is 1. The zero-order valence-corrected chi connectivity index (χ0v) is 16.3. The van der Waals surface area contributed by atoms with Crippen LogP contribution in [-0.2, 0) is 6.42 Å². The van der Waals surface area contributed by atoms with Gasteiger partial charge in [0, 0.05) is 11.9 Å². The number of halogens is 1. The Balaban J connectivity index is 1.68. The highest BCUT2D eigenvalue weighted by Crippen LogP contribution is 2.39. The van der Waals surface area contributed by atoms with Crippen molar-refractivity contribution >= 4 is 17.5 Å². The van der Waals surface area contributed by atoms with Crippen molar-refractivity contribution in [3.8, 4) is 5.75 Å². The number of amides is 1. The number of aliphatic hydroxyl groups is 1. The fourth-order valence-corrected chi connectivity index (χ4v) is 4.24. The summed E-state index contributed by atoms with van der Waals surface area (Å²) >= 11 is 6.55. The molecule has 1 unspecified atom stereocenters. The second-order valence-electron chi connectivity index (χ2n) is 7.45. The van der Waals surface area contributed by atoms with E-state index in [0.29, 0.717) is 22.8 Å². The summed E-state index contributed by atoms with van der Waals surface area (Å²) in [4.78, 5) is 19.1. The Morgan fingerprint density at radius 2 is 2.15 bits per heavy atom. The van der Waals surface area contributed by atoms with Gasteiger partial charge in [-0.3, -0.25) is 14.7 Å². The maximum Gasteiger partial charge on any atom is 0.260 e. The largest absolute Gasteiger partial charge is 0.471 e. The number of carbonyl (C=O) groups is 1. The molecule has 2 aromatic rings. The van der Waals surface area contributed by atoms with E-state index in [2.05, 4.69) is 4.98 Å². The first kappa shape index (κ1) is 18.3. The average molecular weight is 387 g/mol. The SMILES string of the molecule is Cc1ccc(Cc2cc3c(c(Cl)c2C)OCN([C@H]2CCCC2O)C3=O)cn1. The quantitative estimate of drug-likeness (QED) is 0.874. The number of hydrogen-bond acceptors (Lipinski definition) is 4. The number of rotatable bonds is 3. The standard InChI is InChI=1S/C21H23ClN2O3/c1-12-6-7-14(10-23-12)8-15-9-16-20(19(22)13(15)2)27-11-24(21(16)26)17-4-3-5-18(17)25/h6-7,9-10,17-18,25H,3-5,8,11H2,1-2H3/t17-,18?/m0/s1. The van der Waals surface area contributed by atoms with Gasteiger partial charge in [-0.2, -0.15) is 0 Å². The van der Waals surface area contributed by atoms with Crippen LogP contribution in [0.5, 0.6) is 5.75 Å². The molecule has 1 aliphatic carbocycles. The molecule has 2 atom stereocenters. The van der Waals surface area contributed by atoms with Gasteiger partial charge in [0.2, 0.25) is 0 Å². The number of aromatic nitrogens is 1. The molecule has 0 bridgehead atoms. The van der Waals surface area contributed by atoms with Gasteiger partial charge in [0.1, 0.15) is 0 Å². The molecule has 1 saturated carbocycles. The van der Waals surface area contributed by atoms with E-state index in [0.717, 1.165) is 41.6 Å². The summed E-state index contributed by atoms with van der Waals surface area (Å²) in [5, 5.41) is 10.7. The van der Waals surface area contributed by atoms with Crippen molar-refractivity contribution in [1.82, 2.24) is 9.88 Å². The first-order valence-electron chi connectivity index (χ1n) is 9.31. The minimum absolute atomic E-state index is 0.118. The lowest BCUT2D eigenvalue weighted by atomic mass is 9.96. The summed E-state index contributed by atoms with van der Waals surface area (Å²) in [6.07, 6.45) is 4.45. The Kier molecular flexibility index (Phi) is 4.82. The van der Waals surface area contributed by atoms with E-state index in [1.165, 1.54) is 0 Å². The topological polar surface area (TPSA) is 62.7 Å². The molecular formula is C21H23ClN2O3. The van der Waals surface area contributed by atoms with Crippen LogP contribution in [-0.4, -0.2) is 39.8 Å². The predicted molar refractivity (Wildman–Crippen MR) is 103 cm³/mol. The highest BCUT2D eigenvalue weighted by atomic mass is 35.5. The summed E-state index contributed by atoms with van der Waals surface area (Å²) in [5.74, 6) is 0.334. The van der Waals surface area contributed by atoms with Gasteiger partial charge in [-0.05, 0) is 68.4 Å². The number of carbonyl (C=O) groups excluding carboxylic acids is 1. The van der Waals surface area contributed by atoms with Crippen LogP contribution < -0.4 is 4.74 Å². The van der Waals surface area contributed by atoms with Crippen molar-refractivity contribution < 1.29 is 14.6 Å². The summed E-state index contributed by atoms with van der Waals surface area (Å²) in [6, 6.07) is 5.71. The number of nitrogens with zero attached hydrogens (tertiary/aromatic N) is 2. The number of hydrogen-bond donors (Lipinski definition) is 1. The van der Waals surface area contributed by atoms with Crippen LogP contribution in [0.15, 0.2) is 24.4 Å². The molecule has 2 heterocycles. The van der Waals surface area contributed by atoms with Crippen LogP contribution in [0.4, 0.5) is 0 Å². The van der Waals surface area contributed by atoms with E-state index in [-0.39, 0.29) is 18.7 Å². The van der Waals surface area contributed by atoms with E-state index in [1.807, 2.05) is 38.2 Å². The normalized spacial score (nSPS) is 21.9. The van der Waals surface area contributed by atoms with E-state index < -0.39 is 6.10 Å². The van der Waals surface area contributed by atoms with Crippen LogP contribution in [0.2, 0.25) is 5.02 Å². The van der Waals surface area contributed by atoms with Crippen molar-refractivity contribution in [2.24, 2.45) is 0 Å². The van der Waals surface area contributed by atoms with Gasteiger partial charge in [0.25, 0.3) is 5.91 Å². The van der Waals surface area contributed by atoms with Gasteiger partial charge < -0.3 is 9.84 Å². The molecule has 1 amide bonds. The lowest BCUT2D eigenvalue weighted by Gasteiger charge is -2.35. The van der Waals surface area contributed by atoms with Gasteiger partial charge in [0.05, 0.1) is 22.7 Å². The van der Waals surface area contributed by atoms with Gasteiger partial charge in [0.15, 0.2) is 12.5 Å². The second-order valence-corrected chi connectivity index (χ2v) is 7.83. The van der Waals surface area contributed by atoms with E-state index >= 15 is 0 Å². The van der Waals surface area contributed by atoms with Gasteiger partial charge in [-0.15, -0.1) is 0 Å². The first-order valence-corrected chi connectivity index (χ1v) is 9.69. The number of benzene rings is 1. The summed E-state index contributed by atoms with van der Waals surface area (Å²) < 4.78 is 5.85. The molecule has 0 saturated heterocycles. The maximum absolute atomic E-state index is 13.1. The van der Waals surface area contributed by atoms with E-state index in [9.17, 15) is 9.90 Å². The van der Waals surface area contributed by atoms with Crippen LogP contribution in [0, 0.1) is 13.8 Å². The molecule has 142 valence electrons. The third-order valence-corrected chi connectivity index (χ3v) is 6.08. The minimum Gasteiger partial charge on any atom is -0.471 e. The smallest absolute Gasteiger partial charge is 0.260 e. The summed E-state index contributed by atoms with van der Waals surface area (Å²) in [6.45, 7) is 4.03. The minimum atomic E-state index is -0.488. The van der Waals surface area contributed by atoms with Crippen molar-refractivity contribution in [3.63, 3.8) is 0 Å². The molecule has 1 aromatic carbocycles. The van der Waals surface area contributed by atoms with Gasteiger partial charge in [-0.1, -0.05) is 17.7 Å². The second kappa shape index (κ2) is 7.13. The maximum atomic E-state index is 13.1. The molecule has 1 aliphatic heterocycles. The first-order chi connectivity index (χ1) is 13.0. The molecule has 6 heteroatoms.